The van der Waals surface area contributed by atoms with Crippen LogP contribution in [0.3, 0.4) is 0 Å². The van der Waals surface area contributed by atoms with Gasteiger partial charge in [-0.15, -0.1) is 0 Å². The highest BCUT2D eigenvalue weighted by Crippen LogP contribution is 2.28. The highest BCUT2D eigenvalue weighted by atomic mass is 16.5. The monoisotopic (exact) mass is 240 g/mol. The van der Waals surface area contributed by atoms with Gasteiger partial charge in [-0.25, -0.2) is 0 Å². The Labute approximate surface area is 107 Å². The number of Topliss-reactive ketones (excluding diaryl/α,β-unsaturated/α-hetero) is 1. The Kier molecular flexibility index (Phi) is 3.47. The number of hydrogen-bond acceptors (Lipinski definition) is 2. The second kappa shape index (κ2) is 5.05. The van der Waals surface area contributed by atoms with Gasteiger partial charge in [0.1, 0.15) is 5.75 Å². The molecule has 0 radical (unpaired) electrons. The van der Waals surface area contributed by atoms with Crippen LogP contribution in [0.4, 0.5) is 0 Å². The lowest BCUT2D eigenvalue weighted by atomic mass is 10.0. The van der Waals surface area contributed by atoms with Crippen LogP contribution in [-0.4, -0.2) is 12.9 Å². The van der Waals surface area contributed by atoms with Crippen molar-refractivity contribution in [2.75, 3.05) is 7.11 Å². The fourth-order valence-electron chi connectivity index (χ4n) is 1.99. The average Bonchev–Trinajstić information content (AvgIpc) is 2.37. The van der Waals surface area contributed by atoms with Crippen LogP contribution in [0.2, 0.25) is 0 Å². The van der Waals surface area contributed by atoms with Crippen molar-refractivity contribution in [1.82, 2.24) is 0 Å². The number of benzene rings is 2. The summed E-state index contributed by atoms with van der Waals surface area (Å²) in [6.07, 6.45) is 0. The molecule has 0 unspecified atom stereocenters. The maximum atomic E-state index is 11.4. The molecule has 0 aliphatic heterocycles. The Morgan fingerprint density at radius 1 is 1.06 bits per heavy atom. The van der Waals surface area contributed by atoms with E-state index in [0.29, 0.717) is 11.3 Å². The van der Waals surface area contributed by atoms with Gasteiger partial charge in [-0.2, -0.15) is 0 Å². The standard InChI is InChI=1S/C16H16O2/c1-11-5-4-6-13(9-11)14-7-8-15(12(2)17)16(10-14)18-3/h4-10H,1-3H3. The number of methoxy groups -OCH3 is 1. The Hall–Kier alpha value is -2.09. The molecule has 0 N–H and O–H groups in total. The molecule has 0 amide bonds. The number of ether oxygens (including phenoxy) is 1. The molecule has 0 aliphatic rings. The molecule has 18 heavy (non-hydrogen) atoms. The normalized spacial score (nSPS) is 10.2. The third-order valence-electron chi connectivity index (χ3n) is 2.93. The van der Waals surface area contributed by atoms with E-state index in [1.54, 1.807) is 14.0 Å². The summed E-state index contributed by atoms with van der Waals surface area (Å²) in [4.78, 5) is 11.4. The number of ketones is 1. The van der Waals surface area contributed by atoms with E-state index in [4.69, 9.17) is 4.74 Å². The lowest BCUT2D eigenvalue weighted by molar-refractivity contribution is 0.101. The van der Waals surface area contributed by atoms with E-state index in [1.165, 1.54) is 5.56 Å². The molecule has 0 atom stereocenters. The minimum atomic E-state index is 0.0163. The fraction of sp³-hybridized carbons (Fsp3) is 0.188. The van der Waals surface area contributed by atoms with E-state index in [9.17, 15) is 4.79 Å². The van der Waals surface area contributed by atoms with Gasteiger partial charge in [-0.1, -0.05) is 35.9 Å². The summed E-state index contributed by atoms with van der Waals surface area (Å²) in [5.41, 5.74) is 4.01. The first-order chi connectivity index (χ1) is 8.61. The predicted octanol–water partition coefficient (Wildman–Crippen LogP) is 3.87. The van der Waals surface area contributed by atoms with Gasteiger partial charge in [0, 0.05) is 0 Å². The van der Waals surface area contributed by atoms with Gasteiger partial charge in [0.15, 0.2) is 5.78 Å². The zero-order valence-corrected chi connectivity index (χ0v) is 10.9. The van der Waals surface area contributed by atoms with E-state index in [0.717, 1.165) is 11.1 Å². The second-order valence-electron chi connectivity index (χ2n) is 4.34. The lowest BCUT2D eigenvalue weighted by Gasteiger charge is -2.09. The highest BCUT2D eigenvalue weighted by Gasteiger charge is 2.09. The van der Waals surface area contributed by atoms with Crippen molar-refractivity contribution in [3.8, 4) is 16.9 Å². The maximum Gasteiger partial charge on any atom is 0.163 e. The van der Waals surface area contributed by atoms with Gasteiger partial charge in [-0.3, -0.25) is 4.79 Å². The molecular weight excluding hydrogens is 224 g/mol. The van der Waals surface area contributed by atoms with Crippen LogP contribution in [0.25, 0.3) is 11.1 Å². The zero-order valence-electron chi connectivity index (χ0n) is 10.9. The van der Waals surface area contributed by atoms with Gasteiger partial charge in [0.25, 0.3) is 0 Å². The topological polar surface area (TPSA) is 26.3 Å². The van der Waals surface area contributed by atoms with Crippen molar-refractivity contribution in [3.63, 3.8) is 0 Å². The van der Waals surface area contributed by atoms with Crippen molar-refractivity contribution >= 4 is 5.78 Å². The molecular formula is C16H16O2. The van der Waals surface area contributed by atoms with Crippen molar-refractivity contribution < 1.29 is 9.53 Å². The van der Waals surface area contributed by atoms with E-state index < -0.39 is 0 Å². The summed E-state index contributed by atoms with van der Waals surface area (Å²) in [5, 5.41) is 0. The number of hydrogen-bond donors (Lipinski definition) is 0. The first-order valence-corrected chi connectivity index (χ1v) is 5.88. The summed E-state index contributed by atoms with van der Waals surface area (Å²) >= 11 is 0. The Balaban J connectivity index is 2.51. The van der Waals surface area contributed by atoms with E-state index in [-0.39, 0.29) is 5.78 Å². The average molecular weight is 240 g/mol. The first-order valence-electron chi connectivity index (χ1n) is 5.88. The molecule has 92 valence electrons. The van der Waals surface area contributed by atoms with E-state index >= 15 is 0 Å². The van der Waals surface area contributed by atoms with Gasteiger partial charge in [0.2, 0.25) is 0 Å². The fourth-order valence-corrected chi connectivity index (χ4v) is 1.99. The molecule has 0 aliphatic carbocycles. The van der Waals surface area contributed by atoms with Crippen molar-refractivity contribution in [2.45, 2.75) is 13.8 Å². The number of carbonyl (C=O) groups is 1. The van der Waals surface area contributed by atoms with Crippen LogP contribution in [0.1, 0.15) is 22.8 Å². The van der Waals surface area contributed by atoms with Crippen molar-refractivity contribution in [1.29, 1.82) is 0 Å². The minimum Gasteiger partial charge on any atom is -0.496 e. The van der Waals surface area contributed by atoms with Crippen LogP contribution >= 0.6 is 0 Å². The minimum absolute atomic E-state index is 0.0163. The Morgan fingerprint density at radius 3 is 2.39 bits per heavy atom. The molecule has 0 spiro atoms. The van der Waals surface area contributed by atoms with Crippen molar-refractivity contribution in [3.05, 3.63) is 53.6 Å². The van der Waals surface area contributed by atoms with Gasteiger partial charge >= 0.3 is 0 Å². The summed E-state index contributed by atoms with van der Waals surface area (Å²) in [6, 6.07) is 13.9. The van der Waals surface area contributed by atoms with Crippen LogP contribution in [0.5, 0.6) is 5.75 Å². The molecule has 2 heteroatoms. The van der Waals surface area contributed by atoms with Crippen molar-refractivity contribution in [2.24, 2.45) is 0 Å². The van der Waals surface area contributed by atoms with E-state index in [2.05, 4.69) is 25.1 Å². The maximum absolute atomic E-state index is 11.4. The molecule has 0 aromatic heterocycles. The van der Waals surface area contributed by atoms with E-state index in [1.807, 2.05) is 24.3 Å². The lowest BCUT2D eigenvalue weighted by Crippen LogP contribution is -1.97. The van der Waals surface area contributed by atoms with Crippen LogP contribution < -0.4 is 4.74 Å². The quantitative estimate of drug-likeness (QED) is 0.761. The molecule has 0 bridgehead atoms. The molecule has 0 fully saturated rings. The third kappa shape index (κ3) is 2.43. The summed E-state index contributed by atoms with van der Waals surface area (Å²) in [5.74, 6) is 0.643. The summed E-state index contributed by atoms with van der Waals surface area (Å²) < 4.78 is 5.28. The molecule has 2 nitrogen and oxygen atoms in total. The molecule has 0 saturated carbocycles. The van der Waals surface area contributed by atoms with Gasteiger partial charge in [-0.05, 0) is 37.1 Å². The zero-order chi connectivity index (χ0) is 13.1. The molecule has 0 saturated heterocycles. The van der Waals surface area contributed by atoms with Crippen LogP contribution in [0, 0.1) is 6.92 Å². The Bertz CT molecular complexity index is 585. The number of carbonyl (C=O) groups excluding carboxylic acids is 1. The first kappa shape index (κ1) is 12.4. The largest absolute Gasteiger partial charge is 0.496 e. The van der Waals surface area contributed by atoms with Crippen LogP contribution in [0.15, 0.2) is 42.5 Å². The molecule has 2 aromatic carbocycles. The SMILES string of the molecule is COc1cc(-c2cccc(C)c2)ccc1C(C)=O. The number of aryl methyl sites for hydroxylation is 1. The third-order valence-corrected chi connectivity index (χ3v) is 2.93. The van der Waals surface area contributed by atoms with Gasteiger partial charge < -0.3 is 4.74 Å². The molecule has 0 heterocycles. The second-order valence-corrected chi connectivity index (χ2v) is 4.34. The summed E-state index contributed by atoms with van der Waals surface area (Å²) in [6.45, 7) is 3.61. The number of rotatable bonds is 3. The highest BCUT2D eigenvalue weighted by molar-refractivity contribution is 5.97. The van der Waals surface area contributed by atoms with Gasteiger partial charge in [0.05, 0.1) is 12.7 Å². The summed E-state index contributed by atoms with van der Waals surface area (Å²) in [7, 11) is 1.59. The smallest absolute Gasteiger partial charge is 0.163 e. The Morgan fingerprint density at radius 2 is 1.78 bits per heavy atom. The predicted molar refractivity (Wildman–Crippen MR) is 73.2 cm³/mol. The molecule has 2 rings (SSSR count). The van der Waals surface area contributed by atoms with Crippen LogP contribution in [-0.2, 0) is 0 Å². The molecule has 2 aromatic rings.